The maximum absolute atomic E-state index is 12.8. The van der Waals surface area contributed by atoms with Gasteiger partial charge in [-0.25, -0.2) is 0 Å². The van der Waals surface area contributed by atoms with Crippen LogP contribution in [0.1, 0.15) is 40.7 Å². The minimum atomic E-state index is -0.0638. The molecule has 142 valence electrons. The highest BCUT2D eigenvalue weighted by Crippen LogP contribution is 2.40. The fraction of sp³-hybridized carbons (Fsp3) is 0.550. The Hall–Kier alpha value is -2.41. The number of aryl methyl sites for hydroxylation is 1. The van der Waals surface area contributed by atoms with Gasteiger partial charge in [0.1, 0.15) is 11.5 Å². The number of aromatic nitrogens is 2. The third-order valence-electron chi connectivity index (χ3n) is 5.80. The summed E-state index contributed by atoms with van der Waals surface area (Å²) in [5.41, 5.74) is 1.38. The first kappa shape index (κ1) is 16.7. The van der Waals surface area contributed by atoms with Gasteiger partial charge in [-0.2, -0.15) is 0 Å². The van der Waals surface area contributed by atoms with Crippen LogP contribution in [-0.4, -0.2) is 53.4 Å². The maximum atomic E-state index is 12.8. The number of nitrogens with zero attached hydrogens (tertiary/aromatic N) is 3. The zero-order valence-corrected chi connectivity index (χ0v) is 15.3. The molecular formula is C20H23N3O4. The molecule has 0 aromatic carbocycles. The van der Waals surface area contributed by atoms with Crippen molar-refractivity contribution in [3.8, 4) is 5.75 Å². The van der Waals surface area contributed by atoms with Crippen molar-refractivity contribution in [1.82, 2.24) is 15.0 Å². The summed E-state index contributed by atoms with van der Waals surface area (Å²) in [7, 11) is 0. The second-order valence-corrected chi connectivity index (χ2v) is 7.84. The van der Waals surface area contributed by atoms with Crippen molar-refractivity contribution in [3.63, 3.8) is 0 Å². The second kappa shape index (κ2) is 6.64. The lowest BCUT2D eigenvalue weighted by Crippen LogP contribution is -2.32. The molecule has 27 heavy (non-hydrogen) atoms. The molecule has 1 amide bonds. The second-order valence-electron chi connectivity index (χ2n) is 7.84. The first-order chi connectivity index (χ1) is 13.2. The van der Waals surface area contributed by atoms with Crippen LogP contribution in [0.3, 0.4) is 0 Å². The van der Waals surface area contributed by atoms with Gasteiger partial charge < -0.3 is 18.9 Å². The van der Waals surface area contributed by atoms with E-state index < -0.39 is 0 Å². The van der Waals surface area contributed by atoms with Gasteiger partial charge in [0.2, 0.25) is 0 Å². The molecule has 3 fully saturated rings. The van der Waals surface area contributed by atoms with E-state index in [0.717, 1.165) is 30.0 Å². The van der Waals surface area contributed by atoms with Gasteiger partial charge in [-0.1, -0.05) is 5.16 Å². The van der Waals surface area contributed by atoms with Crippen LogP contribution < -0.4 is 4.74 Å². The van der Waals surface area contributed by atoms with Gasteiger partial charge in [0.25, 0.3) is 5.91 Å². The van der Waals surface area contributed by atoms with E-state index in [9.17, 15) is 4.79 Å². The SMILES string of the molecule is Cc1ccc(OC[C@H]2CO[C@@H]3CN(C(=O)c4cc(C5CC5)on4)C[C@H]23)cn1. The molecule has 1 aliphatic carbocycles. The topological polar surface area (TPSA) is 77.7 Å². The number of carbonyl (C=O) groups excluding carboxylic acids is 1. The van der Waals surface area contributed by atoms with Crippen LogP contribution in [0, 0.1) is 18.8 Å². The number of pyridine rings is 1. The van der Waals surface area contributed by atoms with Gasteiger partial charge in [0, 0.05) is 42.6 Å². The Bertz CT molecular complexity index is 830. The minimum absolute atomic E-state index is 0.0638. The molecule has 3 aliphatic rings. The van der Waals surface area contributed by atoms with Crippen molar-refractivity contribution in [2.45, 2.75) is 31.8 Å². The molecule has 5 rings (SSSR count). The number of hydrogen-bond donors (Lipinski definition) is 0. The number of carbonyl (C=O) groups is 1. The molecule has 2 saturated heterocycles. The van der Waals surface area contributed by atoms with Crippen LogP contribution in [0.2, 0.25) is 0 Å². The monoisotopic (exact) mass is 369 g/mol. The summed E-state index contributed by atoms with van der Waals surface area (Å²) in [4.78, 5) is 18.9. The van der Waals surface area contributed by atoms with Crippen molar-refractivity contribution < 1.29 is 18.8 Å². The fourth-order valence-electron chi connectivity index (χ4n) is 3.99. The lowest BCUT2D eigenvalue weighted by Gasteiger charge is -2.19. The van der Waals surface area contributed by atoms with Crippen molar-refractivity contribution in [2.24, 2.45) is 11.8 Å². The summed E-state index contributed by atoms with van der Waals surface area (Å²) in [5, 5.41) is 3.98. The molecule has 1 saturated carbocycles. The first-order valence-electron chi connectivity index (χ1n) is 9.60. The van der Waals surface area contributed by atoms with E-state index in [2.05, 4.69) is 10.1 Å². The van der Waals surface area contributed by atoms with Crippen LogP contribution in [0.4, 0.5) is 0 Å². The van der Waals surface area contributed by atoms with Crippen molar-refractivity contribution >= 4 is 5.91 Å². The Kier molecular flexibility index (Phi) is 4.11. The van der Waals surface area contributed by atoms with Gasteiger partial charge in [0.15, 0.2) is 5.69 Å². The molecule has 4 heterocycles. The van der Waals surface area contributed by atoms with E-state index >= 15 is 0 Å². The van der Waals surface area contributed by atoms with E-state index in [1.807, 2.05) is 24.0 Å². The first-order valence-corrected chi connectivity index (χ1v) is 9.60. The fourth-order valence-corrected chi connectivity index (χ4v) is 3.99. The molecule has 0 N–H and O–H groups in total. The Balaban J connectivity index is 1.20. The Morgan fingerprint density at radius 3 is 3.00 bits per heavy atom. The molecule has 7 heteroatoms. The molecular weight excluding hydrogens is 346 g/mol. The average Bonchev–Trinajstić information content (AvgIpc) is 3.10. The Labute approximate surface area is 157 Å². The van der Waals surface area contributed by atoms with E-state index in [1.54, 1.807) is 12.3 Å². The van der Waals surface area contributed by atoms with Crippen LogP contribution in [0.5, 0.6) is 5.75 Å². The van der Waals surface area contributed by atoms with Crippen LogP contribution >= 0.6 is 0 Å². The Morgan fingerprint density at radius 1 is 1.33 bits per heavy atom. The molecule has 0 unspecified atom stereocenters. The number of hydrogen-bond acceptors (Lipinski definition) is 6. The van der Waals surface area contributed by atoms with E-state index in [4.69, 9.17) is 14.0 Å². The lowest BCUT2D eigenvalue weighted by atomic mass is 9.94. The van der Waals surface area contributed by atoms with Crippen LogP contribution in [0.25, 0.3) is 0 Å². The minimum Gasteiger partial charge on any atom is -0.492 e. The number of likely N-dealkylation sites (tertiary alicyclic amines) is 1. The van der Waals surface area contributed by atoms with E-state index in [1.165, 1.54) is 0 Å². The highest BCUT2D eigenvalue weighted by atomic mass is 16.5. The smallest absolute Gasteiger partial charge is 0.276 e. The van der Waals surface area contributed by atoms with E-state index in [-0.39, 0.29) is 17.9 Å². The van der Waals surface area contributed by atoms with Crippen LogP contribution in [-0.2, 0) is 4.74 Å². The zero-order valence-electron chi connectivity index (χ0n) is 15.3. The lowest BCUT2D eigenvalue weighted by molar-refractivity contribution is 0.0653. The average molecular weight is 369 g/mol. The van der Waals surface area contributed by atoms with Crippen molar-refractivity contribution in [1.29, 1.82) is 0 Å². The molecule has 0 radical (unpaired) electrons. The third kappa shape index (κ3) is 3.32. The molecule has 2 aliphatic heterocycles. The molecule has 3 atom stereocenters. The molecule has 0 spiro atoms. The van der Waals surface area contributed by atoms with Crippen molar-refractivity contribution in [2.75, 3.05) is 26.3 Å². The molecule has 2 aromatic heterocycles. The summed E-state index contributed by atoms with van der Waals surface area (Å²) in [6.45, 7) is 4.48. The highest BCUT2D eigenvalue weighted by Gasteiger charge is 2.46. The van der Waals surface area contributed by atoms with Gasteiger partial charge in [0.05, 0.1) is 25.5 Å². The summed E-state index contributed by atoms with van der Waals surface area (Å²) in [5.74, 6) is 2.57. The number of amides is 1. The van der Waals surface area contributed by atoms with Gasteiger partial charge in [-0.3, -0.25) is 9.78 Å². The largest absolute Gasteiger partial charge is 0.492 e. The van der Waals surface area contributed by atoms with E-state index in [0.29, 0.717) is 43.8 Å². The third-order valence-corrected chi connectivity index (χ3v) is 5.80. The zero-order chi connectivity index (χ0) is 18.4. The highest BCUT2D eigenvalue weighted by molar-refractivity contribution is 5.92. The standard InChI is InChI=1S/C20H23N3O4/c1-12-2-5-15(7-21-12)25-10-14-11-26-19-9-23(8-16(14)19)20(24)17-6-18(27-22-17)13-3-4-13/h2,5-7,13-14,16,19H,3-4,8-11H2,1H3/t14-,16+,19+/m0/s1. The number of rotatable bonds is 5. The maximum Gasteiger partial charge on any atom is 0.276 e. The molecule has 7 nitrogen and oxygen atoms in total. The van der Waals surface area contributed by atoms with Gasteiger partial charge in [-0.05, 0) is 31.9 Å². The quantitative estimate of drug-likeness (QED) is 0.805. The van der Waals surface area contributed by atoms with Crippen LogP contribution in [0.15, 0.2) is 28.9 Å². The van der Waals surface area contributed by atoms with Crippen molar-refractivity contribution in [3.05, 3.63) is 41.5 Å². The van der Waals surface area contributed by atoms with Gasteiger partial charge in [-0.15, -0.1) is 0 Å². The number of ether oxygens (including phenoxy) is 2. The summed E-state index contributed by atoms with van der Waals surface area (Å²) >= 11 is 0. The summed E-state index contributed by atoms with van der Waals surface area (Å²) in [6.07, 6.45) is 4.08. The Morgan fingerprint density at radius 2 is 2.22 bits per heavy atom. The summed E-state index contributed by atoms with van der Waals surface area (Å²) < 4.78 is 17.2. The normalized spacial score (nSPS) is 27.0. The molecule has 0 bridgehead atoms. The number of fused-ring (bicyclic) bond motifs is 1. The summed E-state index contributed by atoms with van der Waals surface area (Å²) in [6, 6.07) is 5.68. The van der Waals surface area contributed by atoms with Gasteiger partial charge >= 0.3 is 0 Å². The predicted molar refractivity (Wildman–Crippen MR) is 95.6 cm³/mol. The predicted octanol–water partition coefficient (Wildman–Crippen LogP) is 2.42. The molecule has 2 aromatic rings.